The number of hydrogen-bond acceptors (Lipinski definition) is 4. The van der Waals surface area contributed by atoms with Crippen LogP contribution in [0.15, 0.2) is 16.7 Å². The molecule has 2 heterocycles. The smallest absolute Gasteiger partial charge is 0.218 e. The zero-order valence-electron chi connectivity index (χ0n) is 12.5. The molecule has 0 amide bonds. The Morgan fingerprint density at radius 1 is 1.45 bits per heavy atom. The molecule has 4 nitrogen and oxygen atoms in total. The van der Waals surface area contributed by atoms with Crippen molar-refractivity contribution in [2.75, 3.05) is 20.1 Å². The number of ether oxygens (including phenoxy) is 1. The Morgan fingerprint density at radius 3 is 2.80 bits per heavy atom. The second kappa shape index (κ2) is 7.38. The van der Waals surface area contributed by atoms with Crippen molar-refractivity contribution < 1.29 is 4.74 Å². The normalized spacial score (nSPS) is 17.6. The summed E-state index contributed by atoms with van der Waals surface area (Å²) in [6.07, 6.45) is 4.25. The van der Waals surface area contributed by atoms with Gasteiger partial charge in [0, 0.05) is 41.9 Å². The molecule has 1 aliphatic rings. The van der Waals surface area contributed by atoms with E-state index in [0.29, 0.717) is 6.04 Å². The summed E-state index contributed by atoms with van der Waals surface area (Å²) in [5.41, 5.74) is 1.12. The van der Waals surface area contributed by atoms with Gasteiger partial charge < -0.3 is 15.0 Å². The minimum absolute atomic E-state index is 0.290. The zero-order valence-corrected chi connectivity index (χ0v) is 14.1. The highest BCUT2D eigenvalue weighted by Crippen LogP contribution is 2.23. The van der Waals surface area contributed by atoms with Crippen molar-refractivity contribution in [1.29, 1.82) is 0 Å². The third-order valence-corrected chi connectivity index (χ3v) is 3.97. The average molecular weight is 342 g/mol. The molecule has 20 heavy (non-hydrogen) atoms. The van der Waals surface area contributed by atoms with E-state index in [9.17, 15) is 0 Å². The lowest BCUT2D eigenvalue weighted by molar-refractivity contribution is 0.109. The maximum atomic E-state index is 6.12. The van der Waals surface area contributed by atoms with Crippen molar-refractivity contribution in [1.82, 2.24) is 15.2 Å². The summed E-state index contributed by atoms with van der Waals surface area (Å²) >= 11 is 3.48. The second-order valence-corrected chi connectivity index (χ2v) is 6.69. The summed E-state index contributed by atoms with van der Waals surface area (Å²) in [5, 5.41) is 3.42. The molecule has 0 bridgehead atoms. The van der Waals surface area contributed by atoms with Gasteiger partial charge in [0.25, 0.3) is 0 Å². The van der Waals surface area contributed by atoms with E-state index in [0.717, 1.165) is 48.4 Å². The summed E-state index contributed by atoms with van der Waals surface area (Å²) < 4.78 is 7.12. The second-order valence-electron chi connectivity index (χ2n) is 5.77. The molecule has 0 radical (unpaired) electrons. The van der Waals surface area contributed by atoms with Gasteiger partial charge in [0.15, 0.2) is 0 Å². The Morgan fingerprint density at radius 2 is 2.15 bits per heavy atom. The Hall–Kier alpha value is -0.650. The number of nitrogens with one attached hydrogen (secondary N) is 1. The number of hydrogen-bond donors (Lipinski definition) is 1. The van der Waals surface area contributed by atoms with Crippen LogP contribution in [-0.4, -0.2) is 42.2 Å². The minimum atomic E-state index is 0.290. The number of piperidine rings is 1. The molecule has 5 heteroatoms. The molecule has 112 valence electrons. The van der Waals surface area contributed by atoms with Crippen LogP contribution in [0.4, 0.5) is 0 Å². The van der Waals surface area contributed by atoms with E-state index in [2.05, 4.69) is 58.1 Å². The summed E-state index contributed by atoms with van der Waals surface area (Å²) in [4.78, 5) is 6.79. The van der Waals surface area contributed by atoms with Crippen LogP contribution in [0.3, 0.4) is 0 Å². The predicted octanol–water partition coefficient (Wildman–Crippen LogP) is 2.82. The molecule has 2 rings (SSSR count). The van der Waals surface area contributed by atoms with Gasteiger partial charge in [-0.25, -0.2) is 4.98 Å². The van der Waals surface area contributed by atoms with E-state index in [-0.39, 0.29) is 6.10 Å². The van der Waals surface area contributed by atoms with Crippen molar-refractivity contribution in [2.24, 2.45) is 0 Å². The molecule has 0 aromatic carbocycles. The average Bonchev–Trinajstić information content (AvgIpc) is 2.41. The maximum absolute atomic E-state index is 6.12. The lowest BCUT2D eigenvalue weighted by Gasteiger charge is -2.29. The minimum Gasteiger partial charge on any atom is -0.474 e. The fourth-order valence-corrected chi connectivity index (χ4v) is 2.65. The van der Waals surface area contributed by atoms with Crippen LogP contribution in [0.25, 0.3) is 0 Å². The molecule has 1 aliphatic heterocycles. The van der Waals surface area contributed by atoms with Crippen LogP contribution in [-0.2, 0) is 6.54 Å². The summed E-state index contributed by atoms with van der Waals surface area (Å²) in [6.45, 7) is 7.26. The number of halogens is 1. The number of likely N-dealkylation sites (tertiary alicyclic amines) is 1. The molecule has 1 aromatic heterocycles. The van der Waals surface area contributed by atoms with Gasteiger partial charge in [0.1, 0.15) is 6.10 Å². The first-order valence-corrected chi connectivity index (χ1v) is 8.07. The summed E-state index contributed by atoms with van der Waals surface area (Å²) in [6, 6.07) is 2.54. The van der Waals surface area contributed by atoms with Crippen LogP contribution in [0, 0.1) is 0 Å². The van der Waals surface area contributed by atoms with Gasteiger partial charge >= 0.3 is 0 Å². The fourth-order valence-electron chi connectivity index (χ4n) is 2.28. The Labute approximate surface area is 130 Å². The number of aromatic nitrogens is 1. The Kier molecular flexibility index (Phi) is 5.81. The first kappa shape index (κ1) is 15.7. The third-order valence-electron chi connectivity index (χ3n) is 3.54. The molecule has 1 aromatic rings. The van der Waals surface area contributed by atoms with Crippen molar-refractivity contribution >= 4 is 15.9 Å². The van der Waals surface area contributed by atoms with E-state index in [1.54, 1.807) is 0 Å². The van der Waals surface area contributed by atoms with E-state index in [1.807, 2.05) is 6.20 Å². The molecule has 0 saturated carbocycles. The van der Waals surface area contributed by atoms with Gasteiger partial charge in [-0.05, 0) is 41.9 Å². The SMILES string of the molecule is CC(C)NCc1cc(Br)cnc1OC1CCN(C)CC1. The predicted molar refractivity (Wildman–Crippen MR) is 85.1 cm³/mol. The van der Waals surface area contributed by atoms with Gasteiger partial charge in [0.2, 0.25) is 5.88 Å². The molecular formula is C15H24BrN3O. The number of rotatable bonds is 5. The van der Waals surface area contributed by atoms with Crippen LogP contribution in [0.2, 0.25) is 0 Å². The highest BCUT2D eigenvalue weighted by Gasteiger charge is 2.20. The van der Waals surface area contributed by atoms with Crippen LogP contribution < -0.4 is 10.1 Å². The zero-order chi connectivity index (χ0) is 14.5. The van der Waals surface area contributed by atoms with Gasteiger partial charge in [-0.3, -0.25) is 0 Å². The quantitative estimate of drug-likeness (QED) is 0.893. The molecular weight excluding hydrogens is 318 g/mol. The standard InChI is InChI=1S/C15H24BrN3O/c1-11(2)17-9-12-8-13(16)10-18-15(12)20-14-4-6-19(3)7-5-14/h8,10-11,14,17H,4-7,9H2,1-3H3. The van der Waals surface area contributed by atoms with Crippen LogP contribution in [0.1, 0.15) is 32.3 Å². The largest absolute Gasteiger partial charge is 0.474 e. The summed E-state index contributed by atoms with van der Waals surface area (Å²) in [7, 11) is 2.16. The topological polar surface area (TPSA) is 37.4 Å². The van der Waals surface area contributed by atoms with Crippen molar-refractivity contribution in [2.45, 2.75) is 45.4 Å². The molecule has 1 saturated heterocycles. The van der Waals surface area contributed by atoms with Crippen molar-refractivity contribution in [3.8, 4) is 5.88 Å². The molecule has 1 N–H and O–H groups in total. The highest BCUT2D eigenvalue weighted by molar-refractivity contribution is 9.10. The molecule has 1 fully saturated rings. The lowest BCUT2D eigenvalue weighted by Crippen LogP contribution is -2.36. The Bertz CT molecular complexity index is 431. The third kappa shape index (κ3) is 4.72. The summed E-state index contributed by atoms with van der Waals surface area (Å²) in [5.74, 6) is 0.774. The van der Waals surface area contributed by atoms with Crippen LogP contribution >= 0.6 is 15.9 Å². The fraction of sp³-hybridized carbons (Fsp3) is 0.667. The monoisotopic (exact) mass is 341 g/mol. The van der Waals surface area contributed by atoms with Gasteiger partial charge in [-0.1, -0.05) is 13.8 Å². The van der Waals surface area contributed by atoms with E-state index in [1.165, 1.54) is 0 Å². The van der Waals surface area contributed by atoms with Gasteiger partial charge in [-0.15, -0.1) is 0 Å². The molecule has 0 atom stereocenters. The lowest BCUT2D eigenvalue weighted by atomic mass is 10.1. The van der Waals surface area contributed by atoms with E-state index >= 15 is 0 Å². The van der Waals surface area contributed by atoms with Gasteiger partial charge in [-0.2, -0.15) is 0 Å². The van der Waals surface area contributed by atoms with Crippen molar-refractivity contribution in [3.63, 3.8) is 0 Å². The van der Waals surface area contributed by atoms with Crippen LogP contribution in [0.5, 0.6) is 5.88 Å². The molecule has 0 unspecified atom stereocenters. The van der Waals surface area contributed by atoms with E-state index < -0.39 is 0 Å². The highest BCUT2D eigenvalue weighted by atomic mass is 79.9. The first-order valence-electron chi connectivity index (χ1n) is 7.27. The maximum Gasteiger partial charge on any atom is 0.218 e. The van der Waals surface area contributed by atoms with E-state index in [4.69, 9.17) is 4.74 Å². The number of nitrogens with zero attached hydrogens (tertiary/aromatic N) is 2. The van der Waals surface area contributed by atoms with Gasteiger partial charge in [0.05, 0.1) is 0 Å². The van der Waals surface area contributed by atoms with Crippen molar-refractivity contribution in [3.05, 3.63) is 22.3 Å². The molecule has 0 spiro atoms. The Balaban J connectivity index is 2.02. The molecule has 0 aliphatic carbocycles. The first-order chi connectivity index (χ1) is 9.54. The number of pyridine rings is 1.